The van der Waals surface area contributed by atoms with Gasteiger partial charge in [-0.15, -0.1) is 0 Å². The van der Waals surface area contributed by atoms with Gasteiger partial charge in [0.1, 0.15) is 17.4 Å². The Morgan fingerprint density at radius 3 is 2.65 bits per heavy atom. The lowest BCUT2D eigenvalue weighted by Gasteiger charge is -2.15. The van der Waals surface area contributed by atoms with Gasteiger partial charge in [0, 0.05) is 24.2 Å². The molecule has 0 radical (unpaired) electrons. The first-order valence-electron chi connectivity index (χ1n) is 9.93. The summed E-state index contributed by atoms with van der Waals surface area (Å²) in [6.45, 7) is 0. The summed E-state index contributed by atoms with van der Waals surface area (Å²) >= 11 is 0. The SMILES string of the molecule is COc1ccc2c(c1)C(=O)NC(Cc1ccc(-c3ccnc4[nH]ccc34)cc1)C(=O)N2. The molecule has 2 aromatic carbocycles. The Hall–Kier alpha value is -4.13. The number of carbonyl (C=O) groups excluding carboxylic acids is 2. The van der Waals surface area contributed by atoms with Crippen molar-refractivity contribution in [1.82, 2.24) is 15.3 Å². The van der Waals surface area contributed by atoms with E-state index in [0.29, 0.717) is 23.4 Å². The number of rotatable bonds is 4. The summed E-state index contributed by atoms with van der Waals surface area (Å²) in [5.41, 5.74) is 4.81. The number of amides is 2. The van der Waals surface area contributed by atoms with Crippen molar-refractivity contribution in [3.05, 3.63) is 78.1 Å². The van der Waals surface area contributed by atoms with Gasteiger partial charge in [-0.1, -0.05) is 24.3 Å². The highest BCUT2D eigenvalue weighted by Gasteiger charge is 2.28. The van der Waals surface area contributed by atoms with Crippen molar-refractivity contribution in [2.75, 3.05) is 12.4 Å². The van der Waals surface area contributed by atoms with Crippen LogP contribution in [0.4, 0.5) is 5.69 Å². The Morgan fingerprint density at radius 1 is 1.00 bits per heavy atom. The molecule has 1 aliphatic heterocycles. The fourth-order valence-corrected chi connectivity index (χ4v) is 3.88. The summed E-state index contributed by atoms with van der Waals surface area (Å²) in [5, 5.41) is 6.73. The number of H-pyrrole nitrogens is 1. The van der Waals surface area contributed by atoms with Gasteiger partial charge in [-0.2, -0.15) is 0 Å². The third-order valence-corrected chi connectivity index (χ3v) is 5.52. The van der Waals surface area contributed by atoms with E-state index in [4.69, 9.17) is 4.74 Å². The molecule has 4 aromatic rings. The highest BCUT2D eigenvalue weighted by atomic mass is 16.5. The second-order valence-electron chi connectivity index (χ2n) is 7.43. The number of fused-ring (bicyclic) bond motifs is 2. The second-order valence-corrected chi connectivity index (χ2v) is 7.43. The van der Waals surface area contributed by atoms with Crippen LogP contribution in [0, 0.1) is 0 Å². The fraction of sp³-hybridized carbons (Fsp3) is 0.125. The van der Waals surface area contributed by atoms with Gasteiger partial charge in [-0.3, -0.25) is 9.59 Å². The minimum Gasteiger partial charge on any atom is -0.497 e. The maximum Gasteiger partial charge on any atom is 0.254 e. The molecule has 0 saturated heterocycles. The normalized spacial score (nSPS) is 15.7. The molecule has 0 fully saturated rings. The number of pyridine rings is 1. The van der Waals surface area contributed by atoms with Crippen molar-refractivity contribution >= 4 is 28.5 Å². The average Bonchev–Trinajstić information content (AvgIpc) is 3.24. The van der Waals surface area contributed by atoms with Gasteiger partial charge in [0.2, 0.25) is 5.91 Å². The number of hydrogen-bond donors (Lipinski definition) is 3. The van der Waals surface area contributed by atoms with Crippen LogP contribution in [0.5, 0.6) is 5.75 Å². The molecule has 7 nitrogen and oxygen atoms in total. The van der Waals surface area contributed by atoms with Gasteiger partial charge >= 0.3 is 0 Å². The molecule has 3 N–H and O–H groups in total. The summed E-state index contributed by atoms with van der Waals surface area (Å²) in [4.78, 5) is 32.9. The lowest BCUT2D eigenvalue weighted by atomic mass is 9.99. The lowest BCUT2D eigenvalue weighted by molar-refractivity contribution is -0.117. The van der Waals surface area contributed by atoms with Crippen LogP contribution in [0.15, 0.2) is 67.0 Å². The van der Waals surface area contributed by atoms with Crippen molar-refractivity contribution in [3.8, 4) is 16.9 Å². The second kappa shape index (κ2) is 7.60. The molecule has 0 saturated carbocycles. The van der Waals surface area contributed by atoms with E-state index >= 15 is 0 Å². The van der Waals surface area contributed by atoms with E-state index in [1.807, 2.05) is 42.6 Å². The van der Waals surface area contributed by atoms with E-state index in [9.17, 15) is 9.59 Å². The number of carbonyl (C=O) groups is 2. The van der Waals surface area contributed by atoms with Crippen LogP contribution in [-0.4, -0.2) is 34.9 Å². The molecule has 1 aliphatic rings. The zero-order chi connectivity index (χ0) is 21.4. The molecular weight excluding hydrogens is 392 g/mol. The van der Waals surface area contributed by atoms with Crippen LogP contribution in [-0.2, 0) is 11.2 Å². The van der Waals surface area contributed by atoms with Crippen molar-refractivity contribution in [1.29, 1.82) is 0 Å². The van der Waals surface area contributed by atoms with Crippen molar-refractivity contribution in [3.63, 3.8) is 0 Å². The van der Waals surface area contributed by atoms with Crippen LogP contribution in [0.3, 0.4) is 0 Å². The molecule has 5 rings (SSSR count). The van der Waals surface area contributed by atoms with Crippen LogP contribution in [0.2, 0.25) is 0 Å². The molecule has 1 unspecified atom stereocenters. The third-order valence-electron chi connectivity index (χ3n) is 5.52. The summed E-state index contributed by atoms with van der Waals surface area (Å²) in [6.07, 6.45) is 4.04. The van der Waals surface area contributed by atoms with Crippen LogP contribution in [0.25, 0.3) is 22.2 Å². The first-order valence-corrected chi connectivity index (χ1v) is 9.93. The molecule has 0 aliphatic carbocycles. The summed E-state index contributed by atoms with van der Waals surface area (Å²) < 4.78 is 5.19. The average molecular weight is 412 g/mol. The topological polar surface area (TPSA) is 96.1 Å². The van der Waals surface area contributed by atoms with Gasteiger partial charge in [-0.05, 0) is 47.0 Å². The highest BCUT2D eigenvalue weighted by molar-refractivity contribution is 6.10. The number of aromatic nitrogens is 2. The minimum absolute atomic E-state index is 0.246. The third kappa shape index (κ3) is 3.50. The van der Waals surface area contributed by atoms with Crippen molar-refractivity contribution in [2.24, 2.45) is 0 Å². The number of nitrogens with one attached hydrogen (secondary N) is 3. The number of anilines is 1. The quantitative estimate of drug-likeness (QED) is 0.478. The largest absolute Gasteiger partial charge is 0.497 e. The maximum atomic E-state index is 12.7. The standard InChI is InChI=1S/C24H20N4O3/c1-31-16-6-7-20-19(13-16)23(29)28-21(24(30)27-20)12-14-2-4-15(5-3-14)17-8-10-25-22-18(17)9-11-26-22/h2-11,13,21H,12H2,1H3,(H,25,26)(H,27,30)(H,28,29). The van der Waals surface area contributed by atoms with Gasteiger partial charge in [0.25, 0.3) is 5.91 Å². The molecule has 2 amide bonds. The first-order chi connectivity index (χ1) is 15.1. The minimum atomic E-state index is -0.672. The molecule has 7 heteroatoms. The van der Waals surface area contributed by atoms with E-state index < -0.39 is 6.04 Å². The van der Waals surface area contributed by atoms with E-state index in [-0.39, 0.29) is 11.8 Å². The van der Waals surface area contributed by atoms with Crippen LogP contribution < -0.4 is 15.4 Å². The van der Waals surface area contributed by atoms with Crippen LogP contribution in [0.1, 0.15) is 15.9 Å². The summed E-state index contributed by atoms with van der Waals surface area (Å²) in [5.74, 6) is 0.00911. The molecule has 0 bridgehead atoms. The Bertz CT molecular complexity index is 1290. The smallest absolute Gasteiger partial charge is 0.254 e. The predicted molar refractivity (Wildman–Crippen MR) is 118 cm³/mol. The van der Waals surface area contributed by atoms with E-state index in [1.54, 1.807) is 24.4 Å². The van der Waals surface area contributed by atoms with Gasteiger partial charge in [0.05, 0.1) is 18.4 Å². The van der Waals surface area contributed by atoms with Gasteiger partial charge in [0.15, 0.2) is 0 Å². The zero-order valence-electron chi connectivity index (χ0n) is 16.8. The number of nitrogens with zero attached hydrogens (tertiary/aromatic N) is 1. The van der Waals surface area contributed by atoms with E-state index in [2.05, 4.69) is 20.6 Å². The molecule has 154 valence electrons. The Labute approximate surface area is 178 Å². The van der Waals surface area contributed by atoms with E-state index in [1.165, 1.54) is 7.11 Å². The van der Waals surface area contributed by atoms with Gasteiger partial charge in [-0.25, -0.2) is 4.98 Å². The predicted octanol–water partition coefficient (Wildman–Crippen LogP) is 3.53. The Morgan fingerprint density at radius 2 is 1.84 bits per heavy atom. The highest BCUT2D eigenvalue weighted by Crippen LogP contribution is 2.28. The Kier molecular flexibility index (Phi) is 4.63. The molecule has 31 heavy (non-hydrogen) atoms. The van der Waals surface area contributed by atoms with Crippen molar-refractivity contribution < 1.29 is 14.3 Å². The van der Waals surface area contributed by atoms with Crippen LogP contribution >= 0.6 is 0 Å². The maximum absolute atomic E-state index is 12.7. The molecular formula is C24H20N4O3. The zero-order valence-corrected chi connectivity index (χ0v) is 16.8. The number of ether oxygens (including phenoxy) is 1. The number of aromatic amines is 1. The Balaban J connectivity index is 1.37. The van der Waals surface area contributed by atoms with Gasteiger partial charge < -0.3 is 20.4 Å². The fourth-order valence-electron chi connectivity index (χ4n) is 3.88. The molecule has 1 atom stereocenters. The number of hydrogen-bond acceptors (Lipinski definition) is 4. The lowest BCUT2D eigenvalue weighted by Crippen LogP contribution is -2.42. The summed E-state index contributed by atoms with van der Waals surface area (Å²) in [7, 11) is 1.54. The first kappa shape index (κ1) is 18.9. The van der Waals surface area contributed by atoms with Crippen molar-refractivity contribution in [2.45, 2.75) is 12.5 Å². The molecule has 3 heterocycles. The monoisotopic (exact) mass is 412 g/mol. The molecule has 2 aromatic heterocycles. The summed E-state index contributed by atoms with van der Waals surface area (Å²) in [6, 6.07) is 16.3. The number of benzene rings is 2. The van der Waals surface area contributed by atoms with E-state index in [0.717, 1.165) is 27.7 Å². The number of methoxy groups -OCH3 is 1. The molecule has 0 spiro atoms.